The molecule has 0 aliphatic carbocycles. The van der Waals surface area contributed by atoms with Crippen molar-refractivity contribution in [1.29, 1.82) is 0 Å². The lowest BCUT2D eigenvalue weighted by molar-refractivity contribution is -0.136. The summed E-state index contributed by atoms with van der Waals surface area (Å²) in [5.74, 6) is -1.56. The number of rotatable bonds is 5. The summed E-state index contributed by atoms with van der Waals surface area (Å²) in [5, 5.41) is 0. The molecule has 1 aliphatic heterocycles. The average Bonchev–Trinajstić information content (AvgIpc) is 2.54. The molecule has 0 N–H and O–H groups in total. The van der Waals surface area contributed by atoms with Crippen LogP contribution in [0.5, 0.6) is 0 Å². The molecule has 0 spiro atoms. The third-order valence-corrected chi connectivity index (χ3v) is 6.08. The van der Waals surface area contributed by atoms with Crippen molar-refractivity contribution >= 4 is 15.7 Å². The van der Waals surface area contributed by atoms with E-state index in [0.29, 0.717) is 13.1 Å². The van der Waals surface area contributed by atoms with Crippen molar-refractivity contribution < 1.29 is 22.3 Å². The van der Waals surface area contributed by atoms with Gasteiger partial charge in [-0.1, -0.05) is 6.92 Å². The quantitative estimate of drug-likeness (QED) is 0.766. The molecule has 1 saturated heterocycles. The molecule has 0 saturated carbocycles. The number of amides is 1. The molecular weight excluding hydrogens is 321 g/mol. The maximum absolute atomic E-state index is 12.9. The fourth-order valence-electron chi connectivity index (χ4n) is 2.76. The summed E-state index contributed by atoms with van der Waals surface area (Å²) in [6.07, 6.45) is 1.69. The van der Waals surface area contributed by atoms with Gasteiger partial charge in [-0.05, 0) is 37.1 Å². The van der Waals surface area contributed by atoms with Gasteiger partial charge in [0.25, 0.3) is 0 Å². The largest absolute Gasteiger partial charge is 0.381 e. The number of hydrogen-bond acceptors (Lipinski definition) is 4. The first-order valence-electron chi connectivity index (χ1n) is 7.63. The van der Waals surface area contributed by atoms with E-state index in [4.69, 9.17) is 4.74 Å². The predicted molar refractivity (Wildman–Crippen MR) is 84.2 cm³/mol. The Hall–Kier alpha value is -1.47. The van der Waals surface area contributed by atoms with Crippen LogP contribution in [0.25, 0.3) is 0 Å². The molecular formula is C16H22FNO4S. The van der Waals surface area contributed by atoms with Crippen LogP contribution in [-0.2, 0) is 19.4 Å². The number of hydrogen-bond donors (Lipinski definition) is 0. The second-order valence-electron chi connectivity index (χ2n) is 5.90. The second kappa shape index (κ2) is 7.40. The lowest BCUT2D eigenvalue weighted by Crippen LogP contribution is -2.44. The SMILES string of the molecule is COC1CCN(C(=O)C(C)CS(=O)(=O)c2ccc(F)cc2)CC1. The predicted octanol–water partition coefficient (Wildman–Crippen LogP) is 1.87. The molecule has 23 heavy (non-hydrogen) atoms. The van der Waals surface area contributed by atoms with Crippen LogP contribution in [0.15, 0.2) is 29.2 Å². The van der Waals surface area contributed by atoms with E-state index in [1.165, 1.54) is 12.1 Å². The van der Waals surface area contributed by atoms with E-state index in [2.05, 4.69) is 0 Å². The van der Waals surface area contributed by atoms with Gasteiger partial charge in [0, 0.05) is 26.1 Å². The summed E-state index contributed by atoms with van der Waals surface area (Å²) in [5.41, 5.74) is 0. The summed E-state index contributed by atoms with van der Waals surface area (Å²) in [7, 11) is -1.96. The van der Waals surface area contributed by atoms with Gasteiger partial charge in [0.05, 0.1) is 16.8 Å². The van der Waals surface area contributed by atoms with Crippen molar-refractivity contribution in [2.45, 2.75) is 30.8 Å². The highest BCUT2D eigenvalue weighted by molar-refractivity contribution is 7.91. The maximum atomic E-state index is 12.9. The third-order valence-electron chi connectivity index (χ3n) is 4.15. The minimum atomic E-state index is -3.61. The zero-order valence-electron chi connectivity index (χ0n) is 13.4. The second-order valence-corrected chi connectivity index (χ2v) is 7.93. The number of nitrogens with zero attached hydrogens (tertiary/aromatic N) is 1. The van der Waals surface area contributed by atoms with Crippen molar-refractivity contribution in [3.05, 3.63) is 30.1 Å². The Morgan fingerprint density at radius 3 is 2.39 bits per heavy atom. The van der Waals surface area contributed by atoms with Gasteiger partial charge in [-0.2, -0.15) is 0 Å². The lowest BCUT2D eigenvalue weighted by atomic mass is 10.1. The van der Waals surface area contributed by atoms with Gasteiger partial charge in [-0.3, -0.25) is 4.79 Å². The molecule has 2 rings (SSSR count). The highest BCUT2D eigenvalue weighted by atomic mass is 32.2. The summed E-state index contributed by atoms with van der Waals surface area (Å²) in [6, 6.07) is 4.67. The number of ether oxygens (including phenoxy) is 1. The van der Waals surface area contributed by atoms with Gasteiger partial charge in [0.1, 0.15) is 5.82 Å². The van der Waals surface area contributed by atoms with E-state index in [9.17, 15) is 17.6 Å². The number of benzene rings is 1. The van der Waals surface area contributed by atoms with Crippen LogP contribution >= 0.6 is 0 Å². The topological polar surface area (TPSA) is 63.7 Å². The number of carbonyl (C=O) groups excluding carboxylic acids is 1. The smallest absolute Gasteiger partial charge is 0.226 e. The lowest BCUT2D eigenvalue weighted by Gasteiger charge is -2.32. The Morgan fingerprint density at radius 2 is 1.87 bits per heavy atom. The van der Waals surface area contributed by atoms with E-state index in [1.807, 2.05) is 0 Å². The molecule has 0 aromatic heterocycles. The van der Waals surface area contributed by atoms with E-state index in [1.54, 1.807) is 18.9 Å². The van der Waals surface area contributed by atoms with E-state index < -0.39 is 21.6 Å². The van der Waals surface area contributed by atoms with Gasteiger partial charge in [-0.25, -0.2) is 12.8 Å². The molecule has 1 fully saturated rings. The molecule has 128 valence electrons. The normalized spacial score (nSPS) is 18.0. The van der Waals surface area contributed by atoms with Crippen LogP contribution < -0.4 is 0 Å². The van der Waals surface area contributed by atoms with Gasteiger partial charge in [0.2, 0.25) is 5.91 Å². The Labute approximate surface area is 136 Å². The van der Waals surface area contributed by atoms with Crippen LogP contribution in [0.1, 0.15) is 19.8 Å². The molecule has 1 amide bonds. The van der Waals surface area contributed by atoms with Gasteiger partial charge in [0.15, 0.2) is 9.84 Å². The first kappa shape index (κ1) is 17.9. The van der Waals surface area contributed by atoms with E-state index in [-0.39, 0.29) is 22.7 Å². The van der Waals surface area contributed by atoms with Crippen molar-refractivity contribution in [2.75, 3.05) is 26.0 Å². The molecule has 1 unspecified atom stereocenters. The standard InChI is InChI=1S/C16H22FNO4S/c1-12(16(19)18-9-7-14(22-2)8-10-18)11-23(20,21)15-5-3-13(17)4-6-15/h3-6,12,14H,7-11H2,1-2H3. The minimum Gasteiger partial charge on any atom is -0.381 e. The number of likely N-dealkylation sites (tertiary alicyclic amines) is 1. The van der Waals surface area contributed by atoms with Crippen LogP contribution in [0, 0.1) is 11.7 Å². The molecule has 1 heterocycles. The molecule has 1 atom stereocenters. The summed E-state index contributed by atoms with van der Waals surface area (Å²) in [6.45, 7) is 2.78. The Kier molecular flexibility index (Phi) is 5.75. The Balaban J connectivity index is 1.99. The summed E-state index contributed by atoms with van der Waals surface area (Å²) in [4.78, 5) is 14.2. The van der Waals surface area contributed by atoms with Crippen LogP contribution in [0.4, 0.5) is 4.39 Å². The van der Waals surface area contributed by atoms with Crippen molar-refractivity contribution in [3.63, 3.8) is 0 Å². The molecule has 5 nitrogen and oxygen atoms in total. The van der Waals surface area contributed by atoms with Crippen molar-refractivity contribution in [2.24, 2.45) is 5.92 Å². The number of halogens is 1. The molecule has 0 bridgehead atoms. The fourth-order valence-corrected chi connectivity index (χ4v) is 4.31. The van der Waals surface area contributed by atoms with Crippen molar-refractivity contribution in [1.82, 2.24) is 4.90 Å². The number of carbonyl (C=O) groups is 1. The summed E-state index contributed by atoms with van der Waals surface area (Å²) >= 11 is 0. The van der Waals surface area contributed by atoms with Gasteiger partial charge in [-0.15, -0.1) is 0 Å². The molecule has 1 aliphatic rings. The first-order valence-corrected chi connectivity index (χ1v) is 9.28. The Bertz CT molecular complexity index is 637. The molecule has 7 heteroatoms. The van der Waals surface area contributed by atoms with Gasteiger partial charge < -0.3 is 9.64 Å². The average molecular weight is 343 g/mol. The highest BCUT2D eigenvalue weighted by Crippen LogP contribution is 2.19. The van der Waals surface area contributed by atoms with Crippen LogP contribution in [0.3, 0.4) is 0 Å². The maximum Gasteiger partial charge on any atom is 0.226 e. The third kappa shape index (κ3) is 4.51. The molecule has 1 aromatic rings. The van der Waals surface area contributed by atoms with E-state index >= 15 is 0 Å². The number of piperidine rings is 1. The van der Waals surface area contributed by atoms with Gasteiger partial charge >= 0.3 is 0 Å². The monoisotopic (exact) mass is 343 g/mol. The fraction of sp³-hybridized carbons (Fsp3) is 0.562. The zero-order valence-corrected chi connectivity index (χ0v) is 14.2. The van der Waals surface area contributed by atoms with E-state index in [0.717, 1.165) is 25.0 Å². The number of sulfone groups is 1. The molecule has 0 radical (unpaired) electrons. The zero-order chi connectivity index (χ0) is 17.0. The summed E-state index contributed by atoms with van der Waals surface area (Å²) < 4.78 is 42.8. The Morgan fingerprint density at radius 1 is 1.30 bits per heavy atom. The van der Waals surface area contributed by atoms with Crippen molar-refractivity contribution in [3.8, 4) is 0 Å². The molecule has 1 aromatic carbocycles. The van der Waals surface area contributed by atoms with Crippen LogP contribution in [0.2, 0.25) is 0 Å². The first-order chi connectivity index (χ1) is 10.8. The minimum absolute atomic E-state index is 0.0386. The van der Waals surface area contributed by atoms with Crippen LogP contribution in [-0.4, -0.2) is 51.3 Å². The highest BCUT2D eigenvalue weighted by Gasteiger charge is 2.29. The number of methoxy groups -OCH3 is 1.